The third kappa shape index (κ3) is 4.66. The number of nitrogens with one attached hydrogen (secondary N) is 1. The third-order valence-corrected chi connectivity index (χ3v) is 4.65. The van der Waals surface area contributed by atoms with E-state index >= 15 is 0 Å². The highest BCUT2D eigenvalue weighted by atomic mass is 31.2. The normalized spacial score (nSPS) is 13.0. The topological polar surface area (TPSA) is 116 Å². The maximum atomic E-state index is 12.0. The average Bonchev–Trinajstić information content (AvgIpc) is 2.49. The number of hydrogen-bond acceptors (Lipinski definition) is 5. The summed E-state index contributed by atoms with van der Waals surface area (Å²) in [5.74, 6) is 0.489. The first kappa shape index (κ1) is 19.1. The van der Waals surface area contributed by atoms with Gasteiger partial charge >= 0.3 is 7.60 Å². The molecule has 8 heteroatoms. The third-order valence-electron chi connectivity index (χ3n) is 3.64. The Kier molecular flexibility index (Phi) is 5.32. The molecule has 0 amide bonds. The van der Waals surface area contributed by atoms with E-state index in [-0.39, 0.29) is 16.5 Å². The molecular formula is C17H22N3O4P. The molecule has 0 aliphatic heterocycles. The fourth-order valence-electron chi connectivity index (χ4n) is 2.35. The van der Waals surface area contributed by atoms with Crippen LogP contribution >= 0.6 is 7.60 Å². The Hall–Kier alpha value is -2.21. The zero-order valence-electron chi connectivity index (χ0n) is 14.6. The summed E-state index contributed by atoms with van der Waals surface area (Å²) < 4.78 is 12.0. The summed E-state index contributed by atoms with van der Waals surface area (Å²) in [5.41, 5.74) is 1.11. The van der Waals surface area contributed by atoms with Crippen LogP contribution in [0.2, 0.25) is 0 Å². The van der Waals surface area contributed by atoms with Gasteiger partial charge in [0.2, 0.25) is 0 Å². The molecule has 7 nitrogen and oxygen atoms in total. The van der Waals surface area contributed by atoms with Gasteiger partial charge in [-0.15, -0.1) is 0 Å². The zero-order chi connectivity index (χ0) is 18.8. The van der Waals surface area contributed by atoms with E-state index in [2.05, 4.69) is 15.3 Å². The largest absolute Gasteiger partial charge is 0.507 e. The van der Waals surface area contributed by atoms with Gasteiger partial charge in [0.15, 0.2) is 0 Å². The Labute approximate surface area is 146 Å². The Morgan fingerprint density at radius 1 is 1.24 bits per heavy atom. The summed E-state index contributed by atoms with van der Waals surface area (Å²) in [6.07, 6.45) is 5.63. The highest BCUT2D eigenvalue weighted by Gasteiger charge is 2.27. The molecule has 0 unspecified atom stereocenters. The number of aromatic hydroxyl groups is 1. The standard InChI is InChI=1S/C17H22N3O4P/c1-11-7-12(8-13(16(11)21)17(2,3)4)14(25(22,23)24)9-20-15-10-18-5-6-19-15/h5-10,21H,1-4H3,(H,19,20)(H2,22,23,24). The van der Waals surface area contributed by atoms with E-state index in [9.17, 15) is 19.5 Å². The molecule has 134 valence electrons. The Morgan fingerprint density at radius 3 is 2.44 bits per heavy atom. The summed E-state index contributed by atoms with van der Waals surface area (Å²) in [5, 5.41) is 12.9. The molecule has 0 saturated heterocycles. The molecule has 1 aromatic heterocycles. The van der Waals surface area contributed by atoms with Crippen molar-refractivity contribution in [2.75, 3.05) is 5.32 Å². The number of phenols is 1. The lowest BCUT2D eigenvalue weighted by atomic mass is 9.84. The predicted octanol–water partition coefficient (Wildman–Crippen LogP) is 3.38. The second-order valence-corrected chi connectivity index (χ2v) is 8.32. The van der Waals surface area contributed by atoms with Crippen LogP contribution in [-0.4, -0.2) is 24.9 Å². The van der Waals surface area contributed by atoms with Crippen molar-refractivity contribution in [3.63, 3.8) is 0 Å². The zero-order valence-corrected chi connectivity index (χ0v) is 15.5. The van der Waals surface area contributed by atoms with Gasteiger partial charge in [0.05, 0.1) is 11.5 Å². The van der Waals surface area contributed by atoms with Crippen LogP contribution in [0.25, 0.3) is 5.31 Å². The van der Waals surface area contributed by atoms with Gasteiger partial charge in [-0.3, -0.25) is 9.55 Å². The lowest BCUT2D eigenvalue weighted by Gasteiger charge is -2.23. The molecule has 4 N–H and O–H groups in total. The minimum atomic E-state index is -4.57. The first-order chi connectivity index (χ1) is 11.5. The highest BCUT2D eigenvalue weighted by Crippen LogP contribution is 2.52. The van der Waals surface area contributed by atoms with Crippen LogP contribution in [-0.2, 0) is 9.98 Å². The number of phenolic OH excluding ortho intramolecular Hbond substituents is 1. The Balaban J connectivity index is 2.56. The maximum absolute atomic E-state index is 12.0. The van der Waals surface area contributed by atoms with Crippen LogP contribution < -0.4 is 5.32 Å². The molecule has 2 rings (SSSR count). The fraction of sp³-hybridized carbons (Fsp3) is 0.294. The Morgan fingerprint density at radius 2 is 1.92 bits per heavy atom. The highest BCUT2D eigenvalue weighted by molar-refractivity contribution is 7.63. The molecule has 0 atom stereocenters. The number of aryl methyl sites for hydroxylation is 1. The molecule has 0 aliphatic rings. The Bertz CT molecular complexity index is 839. The minimum Gasteiger partial charge on any atom is -0.507 e. The van der Waals surface area contributed by atoms with Crippen LogP contribution in [0.5, 0.6) is 5.75 Å². The lowest BCUT2D eigenvalue weighted by molar-refractivity contribution is 0.388. The van der Waals surface area contributed by atoms with Gasteiger partial charge in [0, 0.05) is 24.2 Å². The van der Waals surface area contributed by atoms with Gasteiger partial charge < -0.3 is 20.2 Å². The van der Waals surface area contributed by atoms with Crippen molar-refractivity contribution in [1.82, 2.24) is 9.97 Å². The van der Waals surface area contributed by atoms with Crippen molar-refractivity contribution in [2.45, 2.75) is 33.1 Å². The maximum Gasteiger partial charge on any atom is 0.358 e. The van der Waals surface area contributed by atoms with Crippen molar-refractivity contribution in [1.29, 1.82) is 0 Å². The molecule has 0 spiro atoms. The summed E-state index contributed by atoms with van der Waals surface area (Å²) >= 11 is 0. The molecule has 0 radical (unpaired) electrons. The van der Waals surface area contributed by atoms with E-state index in [1.54, 1.807) is 19.1 Å². The molecule has 0 bridgehead atoms. The average molecular weight is 363 g/mol. The van der Waals surface area contributed by atoms with Crippen LogP contribution in [0.4, 0.5) is 5.82 Å². The molecule has 0 aliphatic carbocycles. The predicted molar refractivity (Wildman–Crippen MR) is 97.2 cm³/mol. The lowest BCUT2D eigenvalue weighted by Crippen LogP contribution is -2.12. The van der Waals surface area contributed by atoms with Gasteiger partial charge in [0.1, 0.15) is 11.6 Å². The monoisotopic (exact) mass is 363 g/mol. The fourth-order valence-corrected chi connectivity index (χ4v) is 3.05. The summed E-state index contributed by atoms with van der Waals surface area (Å²) in [7, 11) is -4.57. The first-order valence-electron chi connectivity index (χ1n) is 7.63. The molecule has 0 fully saturated rings. The summed E-state index contributed by atoms with van der Waals surface area (Å²) in [6, 6.07) is 3.15. The molecule has 0 saturated carbocycles. The van der Waals surface area contributed by atoms with Gasteiger partial charge in [-0.2, -0.15) is 0 Å². The minimum absolute atomic E-state index is 0.128. The number of anilines is 1. The van der Waals surface area contributed by atoms with E-state index in [1.807, 2.05) is 20.8 Å². The van der Waals surface area contributed by atoms with E-state index in [0.29, 0.717) is 22.5 Å². The number of hydrogen-bond donors (Lipinski definition) is 4. The van der Waals surface area contributed by atoms with Crippen molar-refractivity contribution >= 4 is 18.7 Å². The van der Waals surface area contributed by atoms with E-state index in [1.165, 1.54) is 24.8 Å². The van der Waals surface area contributed by atoms with Crippen molar-refractivity contribution in [2.24, 2.45) is 0 Å². The molecule has 1 aromatic carbocycles. The van der Waals surface area contributed by atoms with Gasteiger partial charge in [0.25, 0.3) is 0 Å². The second-order valence-electron chi connectivity index (χ2n) is 6.75. The van der Waals surface area contributed by atoms with Crippen molar-refractivity contribution < 1.29 is 19.5 Å². The van der Waals surface area contributed by atoms with E-state index in [4.69, 9.17) is 0 Å². The van der Waals surface area contributed by atoms with Crippen molar-refractivity contribution in [3.05, 3.63) is 53.6 Å². The number of aromatic nitrogens is 2. The number of rotatable bonds is 4. The van der Waals surface area contributed by atoms with Crippen LogP contribution in [0, 0.1) is 6.92 Å². The van der Waals surface area contributed by atoms with E-state index in [0.717, 1.165) is 0 Å². The van der Waals surface area contributed by atoms with Crippen LogP contribution in [0.1, 0.15) is 37.5 Å². The molecular weight excluding hydrogens is 341 g/mol. The molecule has 1 heterocycles. The van der Waals surface area contributed by atoms with Crippen LogP contribution in [0.3, 0.4) is 0 Å². The van der Waals surface area contributed by atoms with Crippen LogP contribution in [0.15, 0.2) is 36.9 Å². The van der Waals surface area contributed by atoms with Crippen molar-refractivity contribution in [3.8, 4) is 5.75 Å². The summed E-state index contributed by atoms with van der Waals surface area (Å²) in [6.45, 7) is 7.46. The quantitative estimate of drug-likeness (QED) is 0.616. The second kappa shape index (κ2) is 6.96. The SMILES string of the molecule is Cc1cc(C(=CNc2cnccn2)P(=O)(O)O)cc(C(C)(C)C)c1O. The van der Waals surface area contributed by atoms with Gasteiger partial charge in [-0.1, -0.05) is 20.8 Å². The smallest absolute Gasteiger partial charge is 0.358 e. The number of benzene rings is 1. The summed E-state index contributed by atoms with van der Waals surface area (Å²) in [4.78, 5) is 27.4. The van der Waals surface area contributed by atoms with Gasteiger partial charge in [-0.05, 0) is 35.6 Å². The first-order valence-corrected chi connectivity index (χ1v) is 9.24. The number of nitrogens with zero attached hydrogens (tertiary/aromatic N) is 2. The van der Waals surface area contributed by atoms with Gasteiger partial charge in [-0.25, -0.2) is 4.98 Å². The molecule has 25 heavy (non-hydrogen) atoms. The van der Waals surface area contributed by atoms with E-state index < -0.39 is 7.60 Å². The molecule has 2 aromatic rings.